The summed E-state index contributed by atoms with van der Waals surface area (Å²) < 4.78 is 0. The van der Waals surface area contributed by atoms with Crippen LogP contribution in [0.1, 0.15) is 36.5 Å². The highest BCUT2D eigenvalue weighted by Crippen LogP contribution is 2.25. The van der Waals surface area contributed by atoms with Crippen LogP contribution in [0.3, 0.4) is 0 Å². The van der Waals surface area contributed by atoms with E-state index in [1.165, 1.54) is 11.3 Å². The van der Waals surface area contributed by atoms with Gasteiger partial charge in [-0.05, 0) is 12.1 Å². The van der Waals surface area contributed by atoms with Crippen molar-refractivity contribution in [2.24, 2.45) is 0 Å². The summed E-state index contributed by atoms with van der Waals surface area (Å²) >= 11 is 1.52. The van der Waals surface area contributed by atoms with Crippen molar-refractivity contribution < 1.29 is 4.79 Å². The first-order valence-electron chi connectivity index (χ1n) is 7.73. The van der Waals surface area contributed by atoms with Crippen molar-refractivity contribution in [2.75, 3.05) is 19.0 Å². The Morgan fingerprint density at radius 3 is 2.50 bits per heavy atom. The van der Waals surface area contributed by atoms with Crippen LogP contribution in [0, 0.1) is 0 Å². The molecule has 0 aliphatic rings. The van der Waals surface area contributed by atoms with Gasteiger partial charge in [0.15, 0.2) is 0 Å². The normalized spacial score (nSPS) is 11.2. The second-order valence-corrected chi connectivity index (χ2v) is 7.73. The van der Waals surface area contributed by atoms with E-state index < -0.39 is 0 Å². The zero-order valence-corrected chi connectivity index (χ0v) is 15.6. The van der Waals surface area contributed by atoms with Crippen LogP contribution in [-0.2, 0) is 18.5 Å². The molecule has 0 aromatic carbocycles. The quantitative estimate of drug-likeness (QED) is 0.866. The van der Waals surface area contributed by atoms with Crippen LogP contribution >= 0.6 is 11.3 Å². The molecule has 130 valence electrons. The molecule has 24 heavy (non-hydrogen) atoms. The number of rotatable bonds is 5. The molecule has 0 unspecified atom stereocenters. The second kappa shape index (κ2) is 7.57. The van der Waals surface area contributed by atoms with Crippen molar-refractivity contribution in [1.29, 1.82) is 0 Å². The second-order valence-electron chi connectivity index (χ2n) is 6.67. The highest BCUT2D eigenvalue weighted by molar-refractivity contribution is 7.11. The van der Waals surface area contributed by atoms with Crippen molar-refractivity contribution >= 4 is 23.2 Å². The summed E-state index contributed by atoms with van der Waals surface area (Å²) in [5.74, 6) is 0.860. The predicted molar refractivity (Wildman–Crippen MR) is 96.2 cm³/mol. The van der Waals surface area contributed by atoms with Crippen molar-refractivity contribution in [1.82, 2.24) is 25.8 Å². The summed E-state index contributed by atoms with van der Waals surface area (Å²) in [7, 11) is 3.86. The molecule has 0 saturated heterocycles. The van der Waals surface area contributed by atoms with Gasteiger partial charge in [0, 0.05) is 19.5 Å². The fraction of sp³-hybridized carbons (Fsp3) is 0.500. The summed E-state index contributed by atoms with van der Waals surface area (Å²) in [6.07, 6.45) is 0. The third kappa shape index (κ3) is 5.16. The number of nitrogens with one attached hydrogen (secondary N) is 2. The Labute approximate surface area is 146 Å². The SMILES string of the molecule is CN(C)c1cccc(CNC(=O)NCc2nnc(C(C)(C)C)s2)n1. The molecule has 8 heteroatoms. The van der Waals surface area contributed by atoms with E-state index in [1.807, 2.05) is 37.2 Å². The zero-order chi connectivity index (χ0) is 17.7. The van der Waals surface area contributed by atoms with Crippen LogP contribution in [0.15, 0.2) is 18.2 Å². The monoisotopic (exact) mass is 348 g/mol. The molecule has 0 radical (unpaired) electrons. The van der Waals surface area contributed by atoms with E-state index in [1.54, 1.807) is 0 Å². The van der Waals surface area contributed by atoms with Gasteiger partial charge in [0.1, 0.15) is 15.8 Å². The summed E-state index contributed by atoms with van der Waals surface area (Å²) in [5, 5.41) is 15.6. The summed E-state index contributed by atoms with van der Waals surface area (Å²) in [5.41, 5.74) is 0.781. The molecule has 2 rings (SSSR count). The van der Waals surface area contributed by atoms with Crippen molar-refractivity contribution in [3.63, 3.8) is 0 Å². The van der Waals surface area contributed by atoms with Gasteiger partial charge in [0.25, 0.3) is 0 Å². The van der Waals surface area contributed by atoms with Gasteiger partial charge in [-0.2, -0.15) is 0 Å². The molecule has 0 atom stereocenters. The first-order chi connectivity index (χ1) is 11.3. The molecular weight excluding hydrogens is 324 g/mol. The van der Waals surface area contributed by atoms with E-state index in [9.17, 15) is 4.79 Å². The maximum absolute atomic E-state index is 11.9. The van der Waals surface area contributed by atoms with Crippen molar-refractivity contribution in [3.05, 3.63) is 33.9 Å². The van der Waals surface area contributed by atoms with Crippen LogP contribution in [0.2, 0.25) is 0 Å². The predicted octanol–water partition coefficient (Wildman–Crippen LogP) is 2.30. The van der Waals surface area contributed by atoms with Gasteiger partial charge in [-0.1, -0.05) is 38.2 Å². The highest BCUT2D eigenvalue weighted by atomic mass is 32.1. The van der Waals surface area contributed by atoms with Crippen LogP contribution in [0.4, 0.5) is 10.6 Å². The standard InChI is InChI=1S/C16H24N6OS/c1-16(2,3)14-21-20-13(24-14)10-18-15(23)17-9-11-7-6-8-12(19-11)22(4)5/h6-8H,9-10H2,1-5H3,(H2,17,18,23). The number of urea groups is 1. The van der Waals surface area contributed by atoms with E-state index in [0.29, 0.717) is 13.1 Å². The molecule has 0 saturated carbocycles. The fourth-order valence-corrected chi connectivity index (χ4v) is 2.67. The Hall–Kier alpha value is -2.22. The topological polar surface area (TPSA) is 83.0 Å². The van der Waals surface area contributed by atoms with E-state index in [4.69, 9.17) is 0 Å². The van der Waals surface area contributed by atoms with E-state index in [2.05, 4.69) is 46.6 Å². The zero-order valence-electron chi connectivity index (χ0n) is 14.8. The van der Waals surface area contributed by atoms with Crippen molar-refractivity contribution in [2.45, 2.75) is 39.3 Å². The number of nitrogens with zero attached hydrogens (tertiary/aromatic N) is 4. The number of carbonyl (C=O) groups is 1. The number of carbonyl (C=O) groups excluding carboxylic acids is 1. The van der Waals surface area contributed by atoms with E-state index >= 15 is 0 Å². The average Bonchev–Trinajstić information content (AvgIpc) is 3.00. The summed E-state index contributed by atoms with van der Waals surface area (Å²) in [6.45, 7) is 7.01. The molecule has 0 aliphatic heterocycles. The Morgan fingerprint density at radius 1 is 1.17 bits per heavy atom. The Morgan fingerprint density at radius 2 is 1.88 bits per heavy atom. The van der Waals surface area contributed by atoms with Crippen LogP contribution in [0.25, 0.3) is 0 Å². The van der Waals surface area contributed by atoms with E-state index in [-0.39, 0.29) is 11.4 Å². The fourth-order valence-electron chi connectivity index (χ4n) is 1.83. The maximum Gasteiger partial charge on any atom is 0.315 e. The number of hydrogen-bond acceptors (Lipinski definition) is 6. The molecule has 2 heterocycles. The molecule has 2 amide bonds. The van der Waals surface area contributed by atoms with Gasteiger partial charge in [-0.25, -0.2) is 9.78 Å². The van der Waals surface area contributed by atoms with Gasteiger partial charge >= 0.3 is 6.03 Å². The van der Waals surface area contributed by atoms with Gasteiger partial charge < -0.3 is 15.5 Å². The minimum atomic E-state index is -0.250. The van der Waals surface area contributed by atoms with Crippen LogP contribution in [0.5, 0.6) is 0 Å². The molecule has 2 N–H and O–H groups in total. The van der Waals surface area contributed by atoms with Crippen LogP contribution < -0.4 is 15.5 Å². The van der Waals surface area contributed by atoms with Gasteiger partial charge in [0.05, 0.1) is 18.8 Å². The molecule has 2 aromatic rings. The highest BCUT2D eigenvalue weighted by Gasteiger charge is 2.19. The minimum Gasteiger partial charge on any atom is -0.363 e. The van der Waals surface area contributed by atoms with Crippen molar-refractivity contribution in [3.8, 4) is 0 Å². The number of hydrogen-bond donors (Lipinski definition) is 2. The molecule has 7 nitrogen and oxygen atoms in total. The third-order valence-corrected chi connectivity index (χ3v) is 4.54. The van der Waals surface area contributed by atoms with Gasteiger partial charge in [-0.3, -0.25) is 0 Å². The largest absolute Gasteiger partial charge is 0.363 e. The Bertz CT molecular complexity index is 692. The maximum atomic E-state index is 11.9. The molecule has 0 bridgehead atoms. The number of pyridine rings is 1. The number of amides is 2. The van der Waals surface area contributed by atoms with Gasteiger partial charge in [0.2, 0.25) is 0 Å². The Balaban J connectivity index is 1.81. The van der Waals surface area contributed by atoms with Gasteiger partial charge in [-0.15, -0.1) is 10.2 Å². The first kappa shape index (κ1) is 18.1. The molecular formula is C16H24N6OS. The third-order valence-electron chi connectivity index (χ3n) is 3.19. The minimum absolute atomic E-state index is 0.0265. The van der Waals surface area contributed by atoms with E-state index in [0.717, 1.165) is 21.5 Å². The lowest BCUT2D eigenvalue weighted by molar-refractivity contribution is 0.240. The Kier molecular flexibility index (Phi) is 5.71. The smallest absolute Gasteiger partial charge is 0.315 e. The lowest BCUT2D eigenvalue weighted by Crippen LogP contribution is -2.34. The van der Waals surface area contributed by atoms with Crippen LogP contribution in [-0.4, -0.2) is 35.3 Å². The number of aromatic nitrogens is 3. The lowest BCUT2D eigenvalue weighted by atomic mass is 9.98. The lowest BCUT2D eigenvalue weighted by Gasteiger charge is -2.12. The number of anilines is 1. The average molecular weight is 348 g/mol. The molecule has 0 spiro atoms. The summed E-state index contributed by atoms with van der Waals surface area (Å²) in [6, 6.07) is 5.48. The molecule has 2 aromatic heterocycles. The molecule has 0 fully saturated rings. The molecule has 0 aliphatic carbocycles. The summed E-state index contributed by atoms with van der Waals surface area (Å²) in [4.78, 5) is 18.3. The first-order valence-corrected chi connectivity index (χ1v) is 8.55.